The Bertz CT molecular complexity index is 1430. The van der Waals surface area contributed by atoms with Gasteiger partial charge in [0.15, 0.2) is 5.82 Å². The van der Waals surface area contributed by atoms with E-state index < -0.39 is 23.2 Å². The van der Waals surface area contributed by atoms with Crippen LogP contribution in [-0.4, -0.2) is 27.0 Å². The van der Waals surface area contributed by atoms with Crippen LogP contribution >= 0.6 is 11.6 Å². The standard InChI is InChI=1S/C28H28ClF3N4O2/c1-26(12-13-26)19-7-5-6-18(15-19)22-34-23(36-25(38)35-22)20-14-17(8-9-21(20)29)16-33-24(37)27(28(30,31)32)10-3-2-4-11-27/h5-9,14-15H,2-4,10-13,16H2,1H3,(H,33,37)(H,34,35,36,38). The topological polar surface area (TPSA) is 87.7 Å². The lowest BCUT2D eigenvalue weighted by atomic mass is 9.72. The van der Waals surface area contributed by atoms with Crippen molar-refractivity contribution in [2.45, 2.75) is 70.0 Å². The average Bonchev–Trinajstić information content (AvgIpc) is 3.66. The first-order chi connectivity index (χ1) is 18.0. The zero-order valence-corrected chi connectivity index (χ0v) is 21.7. The van der Waals surface area contributed by atoms with E-state index in [9.17, 15) is 22.8 Å². The van der Waals surface area contributed by atoms with E-state index >= 15 is 0 Å². The van der Waals surface area contributed by atoms with E-state index in [-0.39, 0.29) is 36.5 Å². The van der Waals surface area contributed by atoms with Crippen LogP contribution in [0.1, 0.15) is 63.0 Å². The lowest BCUT2D eigenvalue weighted by Gasteiger charge is -2.37. The fourth-order valence-corrected chi connectivity index (χ4v) is 5.37. The van der Waals surface area contributed by atoms with Crippen molar-refractivity contribution in [1.82, 2.24) is 20.3 Å². The molecule has 0 saturated heterocycles. The van der Waals surface area contributed by atoms with Crippen LogP contribution in [0.4, 0.5) is 13.2 Å². The maximum absolute atomic E-state index is 13.9. The number of aromatic nitrogens is 3. The summed E-state index contributed by atoms with van der Waals surface area (Å²) >= 11 is 6.42. The van der Waals surface area contributed by atoms with Crippen molar-refractivity contribution in [3.63, 3.8) is 0 Å². The molecule has 0 aliphatic heterocycles. The molecule has 10 heteroatoms. The minimum atomic E-state index is -4.62. The highest BCUT2D eigenvalue weighted by Gasteiger charge is 2.59. The minimum Gasteiger partial charge on any atom is -0.351 e. The molecule has 1 aromatic heterocycles. The number of H-pyrrole nitrogens is 1. The van der Waals surface area contributed by atoms with E-state index in [2.05, 4.69) is 33.3 Å². The second kappa shape index (κ2) is 9.84. The maximum atomic E-state index is 13.9. The highest BCUT2D eigenvalue weighted by Crippen LogP contribution is 2.49. The van der Waals surface area contributed by atoms with Gasteiger partial charge in [-0.25, -0.2) is 9.78 Å². The lowest BCUT2D eigenvalue weighted by molar-refractivity contribution is -0.230. The third kappa shape index (κ3) is 5.08. The Morgan fingerprint density at radius 2 is 1.79 bits per heavy atom. The van der Waals surface area contributed by atoms with Gasteiger partial charge >= 0.3 is 11.9 Å². The maximum Gasteiger partial charge on any atom is 0.403 e. The van der Waals surface area contributed by atoms with Crippen molar-refractivity contribution in [3.8, 4) is 22.8 Å². The summed E-state index contributed by atoms with van der Waals surface area (Å²) in [5.41, 5.74) is -0.0715. The third-order valence-corrected chi connectivity index (χ3v) is 8.22. The van der Waals surface area contributed by atoms with Gasteiger partial charge in [-0.15, -0.1) is 0 Å². The molecule has 2 saturated carbocycles. The molecule has 1 heterocycles. The van der Waals surface area contributed by atoms with Crippen molar-refractivity contribution in [3.05, 3.63) is 69.1 Å². The molecule has 2 N–H and O–H groups in total. The molecule has 2 fully saturated rings. The number of hydrogen-bond donors (Lipinski definition) is 2. The normalized spacial score (nSPS) is 18.1. The number of benzene rings is 2. The Morgan fingerprint density at radius 3 is 2.47 bits per heavy atom. The quantitative estimate of drug-likeness (QED) is 0.379. The molecule has 38 heavy (non-hydrogen) atoms. The second-order valence-corrected chi connectivity index (χ2v) is 11.0. The number of halogens is 4. The SMILES string of the molecule is CC1(c2cccc(-c3nc(-c4cc(CNC(=O)C5(C(F)(F)F)CCCCC5)ccc4Cl)[nH]c(=O)n3)c2)CC1. The Balaban J connectivity index is 1.41. The Labute approximate surface area is 223 Å². The first-order valence-electron chi connectivity index (χ1n) is 12.7. The van der Waals surface area contributed by atoms with E-state index in [0.29, 0.717) is 41.0 Å². The van der Waals surface area contributed by atoms with Crippen LogP contribution in [0.2, 0.25) is 5.02 Å². The van der Waals surface area contributed by atoms with E-state index in [1.54, 1.807) is 18.2 Å². The van der Waals surface area contributed by atoms with Crippen molar-refractivity contribution in [1.29, 1.82) is 0 Å². The van der Waals surface area contributed by atoms with Crippen LogP contribution in [0, 0.1) is 5.41 Å². The molecule has 2 aliphatic rings. The van der Waals surface area contributed by atoms with Gasteiger partial charge in [-0.2, -0.15) is 18.2 Å². The first-order valence-corrected chi connectivity index (χ1v) is 13.1. The van der Waals surface area contributed by atoms with Gasteiger partial charge in [0.1, 0.15) is 11.2 Å². The number of carbonyl (C=O) groups excluding carboxylic acids is 1. The van der Waals surface area contributed by atoms with Crippen LogP contribution in [0.25, 0.3) is 22.8 Å². The van der Waals surface area contributed by atoms with E-state index in [0.717, 1.165) is 18.4 Å². The zero-order valence-electron chi connectivity index (χ0n) is 20.9. The van der Waals surface area contributed by atoms with Crippen molar-refractivity contribution in [2.75, 3.05) is 0 Å². The molecule has 0 spiro atoms. The fourth-order valence-electron chi connectivity index (χ4n) is 5.16. The molecule has 1 amide bonds. The highest BCUT2D eigenvalue weighted by molar-refractivity contribution is 6.33. The van der Waals surface area contributed by atoms with E-state index in [4.69, 9.17) is 11.6 Å². The van der Waals surface area contributed by atoms with Crippen LogP contribution in [-0.2, 0) is 16.8 Å². The molecule has 6 nitrogen and oxygen atoms in total. The van der Waals surface area contributed by atoms with E-state index in [1.165, 1.54) is 0 Å². The number of nitrogens with one attached hydrogen (secondary N) is 2. The van der Waals surface area contributed by atoms with Crippen LogP contribution < -0.4 is 11.0 Å². The largest absolute Gasteiger partial charge is 0.403 e. The summed E-state index contributed by atoms with van der Waals surface area (Å²) in [6, 6.07) is 12.6. The smallest absolute Gasteiger partial charge is 0.351 e. The molecule has 0 unspecified atom stereocenters. The number of amides is 1. The first kappa shape index (κ1) is 26.4. The van der Waals surface area contributed by atoms with E-state index in [1.807, 2.05) is 18.2 Å². The molecular formula is C28H28ClF3N4O2. The van der Waals surface area contributed by atoms with Gasteiger partial charge in [0.05, 0.1) is 5.02 Å². The Kier molecular flexibility index (Phi) is 6.84. The predicted octanol–water partition coefficient (Wildman–Crippen LogP) is 6.33. The Morgan fingerprint density at radius 1 is 1.05 bits per heavy atom. The molecular weight excluding hydrogens is 517 g/mol. The number of rotatable bonds is 6. The second-order valence-electron chi connectivity index (χ2n) is 10.6. The summed E-state index contributed by atoms with van der Waals surface area (Å²) in [4.78, 5) is 36.4. The van der Waals surface area contributed by atoms with Crippen LogP contribution in [0.15, 0.2) is 47.3 Å². The number of alkyl halides is 3. The molecule has 2 aliphatic carbocycles. The number of aromatic amines is 1. The number of carbonyl (C=O) groups is 1. The number of hydrogen-bond acceptors (Lipinski definition) is 4. The van der Waals surface area contributed by atoms with Crippen molar-refractivity contribution in [2.24, 2.45) is 5.41 Å². The molecule has 2 aromatic carbocycles. The van der Waals surface area contributed by atoms with Gasteiger partial charge in [0, 0.05) is 17.7 Å². The van der Waals surface area contributed by atoms with Gasteiger partial charge in [0.25, 0.3) is 0 Å². The summed E-state index contributed by atoms with van der Waals surface area (Å²) in [6.45, 7) is 2.06. The molecule has 0 radical (unpaired) electrons. The predicted molar refractivity (Wildman–Crippen MR) is 139 cm³/mol. The van der Waals surface area contributed by atoms with Crippen LogP contribution in [0.3, 0.4) is 0 Å². The van der Waals surface area contributed by atoms with Gasteiger partial charge < -0.3 is 5.32 Å². The molecule has 0 atom stereocenters. The fraction of sp³-hybridized carbons (Fsp3) is 0.429. The highest BCUT2D eigenvalue weighted by atomic mass is 35.5. The van der Waals surface area contributed by atoms with Gasteiger partial charge in [-0.05, 0) is 60.4 Å². The number of nitrogens with zero attached hydrogens (tertiary/aromatic N) is 2. The van der Waals surface area contributed by atoms with Crippen molar-refractivity contribution >= 4 is 17.5 Å². The summed E-state index contributed by atoms with van der Waals surface area (Å²) in [5.74, 6) is -0.586. The molecule has 0 bridgehead atoms. The van der Waals surface area contributed by atoms with Gasteiger partial charge in [-0.1, -0.05) is 62.1 Å². The average molecular weight is 545 g/mol. The zero-order chi connectivity index (χ0) is 27.1. The summed E-state index contributed by atoms with van der Waals surface area (Å²) in [5, 5.41) is 2.77. The van der Waals surface area contributed by atoms with Crippen molar-refractivity contribution < 1.29 is 18.0 Å². The summed E-state index contributed by atoms with van der Waals surface area (Å²) in [6.07, 6.45) is -1.42. The van der Waals surface area contributed by atoms with Gasteiger partial charge in [-0.3, -0.25) is 9.78 Å². The molecule has 3 aromatic rings. The van der Waals surface area contributed by atoms with Gasteiger partial charge in [0.2, 0.25) is 5.91 Å². The monoisotopic (exact) mass is 544 g/mol. The molecule has 5 rings (SSSR count). The summed E-state index contributed by atoms with van der Waals surface area (Å²) in [7, 11) is 0. The minimum absolute atomic E-state index is 0.121. The lowest BCUT2D eigenvalue weighted by Crippen LogP contribution is -2.51. The molecule has 200 valence electrons. The third-order valence-electron chi connectivity index (χ3n) is 7.89. The van der Waals surface area contributed by atoms with Crippen LogP contribution in [0.5, 0.6) is 0 Å². The Hall–Kier alpha value is -3.20. The summed E-state index contributed by atoms with van der Waals surface area (Å²) < 4.78 is 41.7.